The first-order chi connectivity index (χ1) is 12.1. The number of carbonyl (C=O) groups is 1. The van der Waals surface area contributed by atoms with E-state index in [-0.39, 0.29) is 5.41 Å². The van der Waals surface area contributed by atoms with Gasteiger partial charge in [-0.15, -0.1) is 0 Å². The average molecular weight is 358 g/mol. The van der Waals surface area contributed by atoms with Gasteiger partial charge in [-0.25, -0.2) is 9.97 Å². The lowest BCUT2D eigenvalue weighted by molar-refractivity contribution is -0.135. The van der Waals surface area contributed by atoms with E-state index < -0.39 is 0 Å². The maximum Gasteiger partial charge on any atom is 0.228 e. The fraction of sp³-hybridized carbons (Fsp3) is 0.444. The Bertz CT molecular complexity index is 789. The highest BCUT2D eigenvalue weighted by Crippen LogP contribution is 2.41. The van der Waals surface area contributed by atoms with E-state index in [0.717, 1.165) is 50.3 Å². The number of carbonyl (C=O) groups excluding carboxylic acids is 1. The second-order valence-corrected chi connectivity index (χ2v) is 7.25. The number of aromatic nitrogens is 3. The van der Waals surface area contributed by atoms with Gasteiger partial charge in [0, 0.05) is 50.7 Å². The molecular formula is C18H20ClN5O. The van der Waals surface area contributed by atoms with Crippen molar-refractivity contribution >= 4 is 23.3 Å². The summed E-state index contributed by atoms with van der Waals surface area (Å²) in [7, 11) is 1.90. The normalized spacial score (nSPS) is 19.7. The number of amides is 1. The summed E-state index contributed by atoms with van der Waals surface area (Å²) in [6.07, 6.45) is 6.13. The molecule has 25 heavy (non-hydrogen) atoms. The highest BCUT2D eigenvalue weighted by molar-refractivity contribution is 6.29. The van der Waals surface area contributed by atoms with Gasteiger partial charge in [0.05, 0.1) is 5.41 Å². The van der Waals surface area contributed by atoms with Gasteiger partial charge in [-0.2, -0.15) is 0 Å². The van der Waals surface area contributed by atoms with Crippen molar-refractivity contribution in [2.75, 3.05) is 31.6 Å². The molecule has 2 fully saturated rings. The summed E-state index contributed by atoms with van der Waals surface area (Å²) in [6.45, 7) is 2.47. The van der Waals surface area contributed by atoms with Gasteiger partial charge in [0.25, 0.3) is 0 Å². The first-order valence-corrected chi connectivity index (χ1v) is 8.91. The topological polar surface area (TPSA) is 62.2 Å². The standard InChI is InChI=1S/C18H20ClN5O/c1-23-8-4-18(17(23)25)5-9-24(10-6-18)15-11-14(19)21-16(22-15)13-3-2-7-20-12-13/h2-3,7,11-12H,4-6,8-10H2,1H3. The van der Waals surface area contributed by atoms with E-state index in [9.17, 15) is 4.79 Å². The number of hydrogen-bond acceptors (Lipinski definition) is 5. The summed E-state index contributed by atoms with van der Waals surface area (Å²) < 4.78 is 0. The molecule has 1 amide bonds. The van der Waals surface area contributed by atoms with E-state index in [1.54, 1.807) is 18.5 Å². The molecule has 0 atom stereocenters. The third-order valence-electron chi connectivity index (χ3n) is 5.37. The number of nitrogens with zero attached hydrogens (tertiary/aromatic N) is 5. The molecule has 4 heterocycles. The molecule has 0 aromatic carbocycles. The van der Waals surface area contributed by atoms with Crippen molar-refractivity contribution in [3.05, 3.63) is 35.7 Å². The lowest BCUT2D eigenvalue weighted by atomic mass is 9.77. The maximum atomic E-state index is 12.5. The lowest BCUT2D eigenvalue weighted by Crippen LogP contribution is -2.44. The summed E-state index contributed by atoms with van der Waals surface area (Å²) in [5.41, 5.74) is 0.668. The van der Waals surface area contributed by atoms with Crippen LogP contribution in [0.4, 0.5) is 5.82 Å². The molecule has 4 rings (SSSR count). The minimum absolute atomic E-state index is 0.172. The lowest BCUT2D eigenvalue weighted by Gasteiger charge is -2.38. The minimum atomic E-state index is -0.172. The predicted octanol–water partition coefficient (Wildman–Crippen LogP) is 2.64. The van der Waals surface area contributed by atoms with Crippen LogP contribution in [0.15, 0.2) is 30.6 Å². The van der Waals surface area contributed by atoms with Crippen LogP contribution in [-0.4, -0.2) is 52.4 Å². The zero-order valence-corrected chi connectivity index (χ0v) is 14.9. The van der Waals surface area contributed by atoms with E-state index in [1.807, 2.05) is 24.1 Å². The van der Waals surface area contributed by atoms with Crippen LogP contribution in [-0.2, 0) is 4.79 Å². The number of rotatable bonds is 2. The van der Waals surface area contributed by atoms with Crippen LogP contribution in [0.25, 0.3) is 11.4 Å². The van der Waals surface area contributed by atoms with E-state index in [0.29, 0.717) is 16.9 Å². The predicted molar refractivity (Wildman–Crippen MR) is 96.4 cm³/mol. The number of piperidine rings is 1. The molecule has 2 saturated heterocycles. The van der Waals surface area contributed by atoms with Crippen molar-refractivity contribution in [3.8, 4) is 11.4 Å². The minimum Gasteiger partial charge on any atom is -0.356 e. The number of likely N-dealkylation sites (tertiary alicyclic amines) is 1. The molecule has 0 N–H and O–H groups in total. The highest BCUT2D eigenvalue weighted by Gasteiger charge is 2.47. The molecule has 0 unspecified atom stereocenters. The summed E-state index contributed by atoms with van der Waals surface area (Å²) in [6, 6.07) is 5.56. The van der Waals surface area contributed by atoms with Crippen LogP contribution in [0.5, 0.6) is 0 Å². The zero-order chi connectivity index (χ0) is 17.4. The Morgan fingerprint density at radius 1 is 1.16 bits per heavy atom. The summed E-state index contributed by atoms with van der Waals surface area (Å²) in [4.78, 5) is 29.6. The Hall–Kier alpha value is -2.21. The van der Waals surface area contributed by atoms with Crippen molar-refractivity contribution in [1.29, 1.82) is 0 Å². The Morgan fingerprint density at radius 2 is 1.92 bits per heavy atom. The van der Waals surface area contributed by atoms with Gasteiger partial charge in [-0.3, -0.25) is 9.78 Å². The van der Waals surface area contributed by atoms with Crippen molar-refractivity contribution in [2.24, 2.45) is 5.41 Å². The Kier molecular flexibility index (Phi) is 4.07. The molecule has 0 saturated carbocycles. The second-order valence-electron chi connectivity index (χ2n) is 6.86. The van der Waals surface area contributed by atoms with Crippen LogP contribution in [0.2, 0.25) is 5.15 Å². The molecule has 2 aliphatic rings. The Labute approximate surface area is 151 Å². The van der Waals surface area contributed by atoms with Crippen LogP contribution in [0.3, 0.4) is 0 Å². The first-order valence-electron chi connectivity index (χ1n) is 8.53. The van der Waals surface area contributed by atoms with E-state index in [1.165, 1.54) is 0 Å². The van der Waals surface area contributed by atoms with Crippen molar-refractivity contribution < 1.29 is 4.79 Å². The van der Waals surface area contributed by atoms with Crippen LogP contribution in [0, 0.1) is 5.41 Å². The smallest absolute Gasteiger partial charge is 0.228 e. The molecule has 0 radical (unpaired) electrons. The van der Waals surface area contributed by atoms with Crippen molar-refractivity contribution in [1.82, 2.24) is 19.9 Å². The van der Waals surface area contributed by atoms with Gasteiger partial charge in [0.1, 0.15) is 11.0 Å². The van der Waals surface area contributed by atoms with Gasteiger partial charge in [-0.1, -0.05) is 11.6 Å². The third-order valence-corrected chi connectivity index (χ3v) is 5.57. The summed E-state index contributed by atoms with van der Waals surface area (Å²) in [5, 5.41) is 0.417. The quantitative estimate of drug-likeness (QED) is 0.773. The van der Waals surface area contributed by atoms with Crippen molar-refractivity contribution in [2.45, 2.75) is 19.3 Å². The molecule has 6 nitrogen and oxygen atoms in total. The molecular weight excluding hydrogens is 338 g/mol. The zero-order valence-electron chi connectivity index (χ0n) is 14.2. The number of hydrogen-bond donors (Lipinski definition) is 0. The monoisotopic (exact) mass is 357 g/mol. The molecule has 0 aliphatic carbocycles. The first kappa shape index (κ1) is 16.3. The fourth-order valence-electron chi connectivity index (χ4n) is 3.81. The van der Waals surface area contributed by atoms with Gasteiger partial charge in [0.2, 0.25) is 5.91 Å². The van der Waals surface area contributed by atoms with Crippen molar-refractivity contribution in [3.63, 3.8) is 0 Å². The molecule has 0 bridgehead atoms. The van der Waals surface area contributed by atoms with Gasteiger partial charge in [-0.05, 0) is 31.4 Å². The number of anilines is 1. The summed E-state index contributed by atoms with van der Waals surface area (Å²) >= 11 is 6.22. The average Bonchev–Trinajstić information content (AvgIpc) is 2.91. The Morgan fingerprint density at radius 3 is 2.56 bits per heavy atom. The fourth-order valence-corrected chi connectivity index (χ4v) is 3.99. The highest BCUT2D eigenvalue weighted by atomic mass is 35.5. The number of pyridine rings is 1. The SMILES string of the molecule is CN1CCC2(CCN(c3cc(Cl)nc(-c4cccnc4)n3)CC2)C1=O. The number of halogens is 1. The Balaban J connectivity index is 1.56. The van der Waals surface area contributed by atoms with E-state index in [4.69, 9.17) is 11.6 Å². The molecule has 2 aromatic rings. The van der Waals surface area contributed by atoms with Gasteiger partial charge >= 0.3 is 0 Å². The summed E-state index contributed by atoms with van der Waals surface area (Å²) in [5.74, 6) is 1.68. The van der Waals surface area contributed by atoms with Gasteiger partial charge < -0.3 is 9.80 Å². The van der Waals surface area contributed by atoms with Crippen LogP contribution >= 0.6 is 11.6 Å². The van der Waals surface area contributed by atoms with Crippen LogP contribution < -0.4 is 4.90 Å². The van der Waals surface area contributed by atoms with E-state index >= 15 is 0 Å². The third kappa shape index (κ3) is 2.95. The molecule has 7 heteroatoms. The second kappa shape index (κ2) is 6.26. The van der Waals surface area contributed by atoms with Gasteiger partial charge in [0.15, 0.2) is 5.82 Å². The maximum absolute atomic E-state index is 12.5. The molecule has 1 spiro atoms. The molecule has 130 valence electrons. The van der Waals surface area contributed by atoms with Crippen LogP contribution in [0.1, 0.15) is 19.3 Å². The van der Waals surface area contributed by atoms with E-state index in [2.05, 4.69) is 19.9 Å². The largest absolute Gasteiger partial charge is 0.356 e. The molecule has 2 aromatic heterocycles. The molecule has 2 aliphatic heterocycles.